The maximum atomic E-state index is 2.40. The Morgan fingerprint density at radius 3 is 1.62 bits per heavy atom. The largest absolute Gasteiger partial charge is 0.310 e. The van der Waals surface area contributed by atoms with Crippen LogP contribution in [0, 0.1) is 13.8 Å². The second kappa shape index (κ2) is 10.2. The number of anilines is 3. The van der Waals surface area contributed by atoms with Gasteiger partial charge in [-0.15, -0.1) is 0 Å². The second-order valence-corrected chi connectivity index (χ2v) is 13.2. The molecule has 226 valence electrons. The molecule has 0 fully saturated rings. The summed E-state index contributed by atoms with van der Waals surface area (Å²) < 4.78 is 2.40. The van der Waals surface area contributed by atoms with Crippen LogP contribution in [-0.2, 0) is 0 Å². The molecular weight excluding hydrogens is 581 g/mol. The third-order valence-corrected chi connectivity index (χ3v) is 10.2. The van der Waals surface area contributed by atoms with Gasteiger partial charge in [0.1, 0.15) is 0 Å². The quantitative estimate of drug-likeness (QED) is 0.192. The van der Waals surface area contributed by atoms with Gasteiger partial charge in [-0.25, -0.2) is 0 Å². The van der Waals surface area contributed by atoms with Gasteiger partial charge >= 0.3 is 0 Å². The highest BCUT2D eigenvalue weighted by molar-refractivity contribution is 6.13. The molecule has 0 N–H and O–H groups in total. The van der Waals surface area contributed by atoms with Crippen molar-refractivity contribution in [3.05, 3.63) is 169 Å². The molecule has 0 aliphatic heterocycles. The minimum absolute atomic E-state index is 1.16. The minimum Gasteiger partial charge on any atom is -0.310 e. The number of hydrogen-bond donors (Lipinski definition) is 0. The van der Waals surface area contributed by atoms with E-state index in [1.807, 2.05) is 0 Å². The van der Waals surface area contributed by atoms with Crippen molar-refractivity contribution in [3.63, 3.8) is 0 Å². The number of rotatable bonds is 4. The predicted molar refractivity (Wildman–Crippen MR) is 204 cm³/mol. The first-order chi connectivity index (χ1) is 23.6. The summed E-state index contributed by atoms with van der Waals surface area (Å²) in [5.74, 6) is 0. The Bertz CT molecular complexity index is 2700. The molecule has 0 saturated carbocycles. The molecule has 0 saturated heterocycles. The zero-order valence-corrected chi connectivity index (χ0v) is 26.9. The number of aromatic nitrogens is 1. The van der Waals surface area contributed by atoms with E-state index in [1.165, 1.54) is 88.1 Å². The van der Waals surface area contributed by atoms with Crippen LogP contribution in [0.3, 0.4) is 0 Å². The Kier molecular flexibility index (Phi) is 5.74. The number of para-hydroxylation sites is 3. The topological polar surface area (TPSA) is 8.17 Å². The van der Waals surface area contributed by atoms with Crippen molar-refractivity contribution in [2.24, 2.45) is 0 Å². The van der Waals surface area contributed by atoms with E-state index in [1.54, 1.807) is 0 Å². The summed E-state index contributed by atoms with van der Waals surface area (Å²) in [5.41, 5.74) is 15.1. The summed E-state index contributed by atoms with van der Waals surface area (Å²) >= 11 is 0. The molecule has 9 aromatic rings. The fourth-order valence-corrected chi connectivity index (χ4v) is 7.94. The molecule has 0 radical (unpaired) electrons. The summed E-state index contributed by atoms with van der Waals surface area (Å²) in [5, 5.41) is 7.62. The van der Waals surface area contributed by atoms with E-state index in [9.17, 15) is 0 Å². The first-order valence-electron chi connectivity index (χ1n) is 16.7. The molecule has 0 unspecified atom stereocenters. The summed E-state index contributed by atoms with van der Waals surface area (Å²) in [7, 11) is 0. The van der Waals surface area contributed by atoms with Crippen molar-refractivity contribution >= 4 is 60.4 Å². The third-order valence-electron chi connectivity index (χ3n) is 10.2. The molecule has 1 aromatic heterocycles. The van der Waals surface area contributed by atoms with Crippen molar-refractivity contribution in [1.29, 1.82) is 0 Å². The van der Waals surface area contributed by atoms with Gasteiger partial charge in [-0.05, 0) is 142 Å². The molecule has 10 rings (SSSR count). The zero-order chi connectivity index (χ0) is 31.9. The first-order valence-corrected chi connectivity index (χ1v) is 16.7. The van der Waals surface area contributed by atoms with Crippen molar-refractivity contribution in [1.82, 2.24) is 4.57 Å². The Balaban J connectivity index is 1.07. The first kappa shape index (κ1) is 27.0. The van der Waals surface area contributed by atoms with Crippen LogP contribution in [0.2, 0.25) is 0 Å². The number of hydrogen-bond acceptors (Lipinski definition) is 1. The average molecular weight is 613 g/mol. The van der Waals surface area contributed by atoms with Crippen molar-refractivity contribution in [3.8, 4) is 27.9 Å². The molecule has 1 aliphatic rings. The van der Waals surface area contributed by atoms with Gasteiger partial charge in [-0.1, -0.05) is 84.4 Å². The lowest BCUT2D eigenvalue weighted by molar-refractivity contribution is 1.19. The molecule has 1 heterocycles. The Labute approximate surface area is 279 Å². The van der Waals surface area contributed by atoms with E-state index in [-0.39, 0.29) is 0 Å². The van der Waals surface area contributed by atoms with Crippen LogP contribution >= 0.6 is 0 Å². The minimum atomic E-state index is 1.16. The standard InChI is InChI=1S/C46H32N2/c1-29-16-21-44(30(2)22-29)47(35-10-4-3-5-11-35)36-19-17-31-25-40-42(27-33(31)23-36)41-26-32-18-20-37(24-34(32)28-43(40)41)48-45-14-8-6-12-38(45)39-13-7-9-15-46(39)48/h3-28H,1-2H3. The smallest absolute Gasteiger partial charge is 0.0541 e. The molecule has 8 aromatic carbocycles. The van der Waals surface area contributed by atoms with Crippen LogP contribution in [0.4, 0.5) is 17.1 Å². The van der Waals surface area contributed by atoms with E-state index in [0.29, 0.717) is 0 Å². The number of benzene rings is 8. The molecule has 0 atom stereocenters. The fourth-order valence-electron chi connectivity index (χ4n) is 7.94. The van der Waals surface area contributed by atoms with Crippen LogP contribution in [0.25, 0.3) is 71.3 Å². The lowest BCUT2D eigenvalue weighted by atomic mass is 9.78. The lowest BCUT2D eigenvalue weighted by Crippen LogP contribution is -2.11. The highest BCUT2D eigenvalue weighted by atomic mass is 15.1. The van der Waals surface area contributed by atoms with Gasteiger partial charge in [0, 0.05) is 33.5 Å². The molecule has 48 heavy (non-hydrogen) atoms. The SMILES string of the molecule is Cc1ccc(N(c2ccccc2)c2ccc3cc4c(cc3c2)-c2cc3ccc(-n5c6ccccc6c6ccccc65)cc3cc2-4)c(C)c1. The fraction of sp³-hybridized carbons (Fsp3) is 0.0435. The van der Waals surface area contributed by atoms with Gasteiger partial charge in [0.05, 0.1) is 11.0 Å². The zero-order valence-electron chi connectivity index (χ0n) is 26.9. The Morgan fingerprint density at radius 1 is 0.417 bits per heavy atom. The summed E-state index contributed by atoms with van der Waals surface area (Å²) in [6.07, 6.45) is 0. The molecule has 0 amide bonds. The van der Waals surface area contributed by atoms with Crippen LogP contribution in [-0.4, -0.2) is 4.57 Å². The van der Waals surface area contributed by atoms with Crippen LogP contribution in [0.5, 0.6) is 0 Å². The molecule has 2 nitrogen and oxygen atoms in total. The summed E-state index contributed by atoms with van der Waals surface area (Å²) in [4.78, 5) is 2.38. The van der Waals surface area contributed by atoms with E-state index in [4.69, 9.17) is 0 Å². The summed E-state index contributed by atoms with van der Waals surface area (Å²) in [6.45, 7) is 4.36. The van der Waals surface area contributed by atoms with Crippen molar-refractivity contribution in [2.45, 2.75) is 13.8 Å². The average Bonchev–Trinajstić information content (AvgIpc) is 3.46. The Morgan fingerprint density at radius 2 is 0.979 bits per heavy atom. The normalized spacial score (nSPS) is 12.0. The van der Waals surface area contributed by atoms with Gasteiger partial charge in [-0.3, -0.25) is 0 Å². The second-order valence-electron chi connectivity index (χ2n) is 13.2. The molecular formula is C46H32N2. The lowest BCUT2D eigenvalue weighted by Gasteiger charge is -2.29. The monoisotopic (exact) mass is 612 g/mol. The van der Waals surface area contributed by atoms with E-state index < -0.39 is 0 Å². The molecule has 0 spiro atoms. The maximum Gasteiger partial charge on any atom is 0.0541 e. The van der Waals surface area contributed by atoms with Gasteiger partial charge in [-0.2, -0.15) is 0 Å². The van der Waals surface area contributed by atoms with Crippen molar-refractivity contribution < 1.29 is 0 Å². The predicted octanol–water partition coefficient (Wildman–Crippen LogP) is 12.8. The van der Waals surface area contributed by atoms with Crippen molar-refractivity contribution in [2.75, 3.05) is 4.90 Å². The van der Waals surface area contributed by atoms with Gasteiger partial charge in [0.2, 0.25) is 0 Å². The van der Waals surface area contributed by atoms with E-state index in [2.05, 4.69) is 181 Å². The molecule has 1 aliphatic carbocycles. The maximum absolute atomic E-state index is 2.40. The molecule has 0 bridgehead atoms. The van der Waals surface area contributed by atoms with Crippen LogP contribution < -0.4 is 4.90 Å². The highest BCUT2D eigenvalue weighted by Gasteiger charge is 2.25. The number of nitrogens with zero attached hydrogens (tertiary/aromatic N) is 2. The van der Waals surface area contributed by atoms with E-state index in [0.717, 1.165) is 11.4 Å². The van der Waals surface area contributed by atoms with Gasteiger partial charge in [0.15, 0.2) is 0 Å². The van der Waals surface area contributed by atoms with Crippen LogP contribution in [0.15, 0.2) is 158 Å². The van der Waals surface area contributed by atoms with Gasteiger partial charge in [0.25, 0.3) is 0 Å². The number of fused-ring (bicyclic) bond motifs is 9. The van der Waals surface area contributed by atoms with Crippen LogP contribution in [0.1, 0.15) is 11.1 Å². The van der Waals surface area contributed by atoms with E-state index >= 15 is 0 Å². The summed E-state index contributed by atoms with van der Waals surface area (Å²) in [6, 6.07) is 58.2. The third kappa shape index (κ3) is 3.99. The van der Waals surface area contributed by atoms with Gasteiger partial charge < -0.3 is 9.47 Å². The molecule has 2 heteroatoms. The Hall–Kier alpha value is -6.12. The highest BCUT2D eigenvalue weighted by Crippen LogP contribution is 2.51. The number of aryl methyl sites for hydroxylation is 2.